The molecule has 0 saturated carbocycles. The SMILES string of the molecule is C=CCSSCCC(=O)Oc1ccc2cc([C@H](C)C(=O)Oc3cccc(CO[N+](=O)[O-])c3)ccc2c1. The minimum Gasteiger partial charge on any atom is -0.426 e. The zero-order valence-corrected chi connectivity index (χ0v) is 21.2. The lowest BCUT2D eigenvalue weighted by Gasteiger charge is -2.13. The van der Waals surface area contributed by atoms with Gasteiger partial charge < -0.3 is 14.3 Å². The number of carbonyl (C=O) groups is 2. The fourth-order valence-electron chi connectivity index (χ4n) is 3.20. The third-order valence-electron chi connectivity index (χ3n) is 5.03. The molecule has 0 bridgehead atoms. The van der Waals surface area contributed by atoms with Crippen molar-refractivity contribution in [3.8, 4) is 11.5 Å². The molecule has 0 N–H and O–H groups in total. The van der Waals surface area contributed by atoms with Crippen LogP contribution >= 0.6 is 21.6 Å². The number of fused-ring (bicyclic) bond motifs is 1. The maximum Gasteiger partial charge on any atom is 0.318 e. The van der Waals surface area contributed by atoms with Crippen molar-refractivity contribution in [3.05, 3.63) is 94.6 Å². The Morgan fingerprint density at radius 3 is 2.56 bits per heavy atom. The van der Waals surface area contributed by atoms with Crippen molar-refractivity contribution >= 4 is 44.3 Å². The van der Waals surface area contributed by atoms with E-state index in [9.17, 15) is 19.7 Å². The Morgan fingerprint density at radius 1 is 1.03 bits per heavy atom. The molecule has 0 aliphatic heterocycles. The van der Waals surface area contributed by atoms with Crippen LogP contribution < -0.4 is 9.47 Å². The van der Waals surface area contributed by atoms with E-state index in [1.165, 1.54) is 6.07 Å². The number of hydrogen-bond donors (Lipinski definition) is 0. The molecule has 0 fully saturated rings. The van der Waals surface area contributed by atoms with Gasteiger partial charge in [0.1, 0.15) is 18.1 Å². The number of esters is 2. The Labute approximate surface area is 216 Å². The van der Waals surface area contributed by atoms with Crippen LogP contribution in [0.2, 0.25) is 0 Å². The lowest BCUT2D eigenvalue weighted by molar-refractivity contribution is -0.763. The highest BCUT2D eigenvalue weighted by Gasteiger charge is 2.18. The van der Waals surface area contributed by atoms with E-state index in [4.69, 9.17) is 9.47 Å². The summed E-state index contributed by atoms with van der Waals surface area (Å²) in [7, 11) is 3.25. The third-order valence-corrected chi connectivity index (χ3v) is 7.35. The van der Waals surface area contributed by atoms with Gasteiger partial charge in [0, 0.05) is 11.5 Å². The normalized spacial score (nSPS) is 11.5. The van der Waals surface area contributed by atoms with Gasteiger partial charge in [-0.05, 0) is 53.1 Å². The van der Waals surface area contributed by atoms with Crippen molar-refractivity contribution < 1.29 is 29.0 Å². The summed E-state index contributed by atoms with van der Waals surface area (Å²) in [6.45, 7) is 5.17. The molecule has 0 unspecified atom stereocenters. The Kier molecular flexibility index (Phi) is 10.2. The standard InChI is InChI=1S/C26H25NO7S2/c1-3-12-35-36-13-11-25(28)33-24-10-9-21-15-20(7-8-22(21)16-24)18(2)26(29)34-23-6-4-5-19(14-23)17-32-27(30)31/h3-10,14-16,18H,1,11-13,17H2,2H3/t18-/m0/s1. The van der Waals surface area contributed by atoms with Gasteiger partial charge in [-0.2, -0.15) is 0 Å². The van der Waals surface area contributed by atoms with Gasteiger partial charge in [-0.1, -0.05) is 64.1 Å². The van der Waals surface area contributed by atoms with E-state index in [2.05, 4.69) is 11.4 Å². The van der Waals surface area contributed by atoms with E-state index in [-0.39, 0.29) is 18.3 Å². The molecule has 0 aromatic heterocycles. The van der Waals surface area contributed by atoms with Crippen molar-refractivity contribution in [1.82, 2.24) is 0 Å². The maximum atomic E-state index is 12.7. The maximum absolute atomic E-state index is 12.7. The first kappa shape index (κ1) is 27.1. The van der Waals surface area contributed by atoms with E-state index in [1.807, 2.05) is 30.3 Å². The monoisotopic (exact) mass is 527 g/mol. The topological polar surface area (TPSA) is 105 Å². The van der Waals surface area contributed by atoms with Gasteiger partial charge >= 0.3 is 11.9 Å². The van der Waals surface area contributed by atoms with Crippen LogP contribution in [-0.4, -0.2) is 28.5 Å². The number of hydrogen-bond acceptors (Lipinski definition) is 9. The Morgan fingerprint density at radius 2 is 1.78 bits per heavy atom. The predicted molar refractivity (Wildman–Crippen MR) is 142 cm³/mol. The average Bonchev–Trinajstić information content (AvgIpc) is 2.86. The highest BCUT2D eigenvalue weighted by atomic mass is 33.1. The molecule has 10 heteroatoms. The fourth-order valence-corrected chi connectivity index (χ4v) is 4.95. The van der Waals surface area contributed by atoms with Gasteiger partial charge in [-0.3, -0.25) is 9.59 Å². The highest BCUT2D eigenvalue weighted by molar-refractivity contribution is 8.76. The summed E-state index contributed by atoms with van der Waals surface area (Å²) < 4.78 is 10.9. The Hall–Kier alpha value is -3.50. The fraction of sp³-hybridized carbons (Fsp3) is 0.231. The van der Waals surface area contributed by atoms with Crippen LogP contribution in [-0.2, 0) is 21.0 Å². The van der Waals surface area contributed by atoms with Gasteiger partial charge in [-0.15, -0.1) is 16.7 Å². The molecular weight excluding hydrogens is 502 g/mol. The van der Waals surface area contributed by atoms with Crippen LogP contribution in [0.25, 0.3) is 10.8 Å². The van der Waals surface area contributed by atoms with Crippen molar-refractivity contribution in [2.75, 3.05) is 11.5 Å². The van der Waals surface area contributed by atoms with E-state index >= 15 is 0 Å². The number of benzene rings is 3. The molecule has 3 aromatic carbocycles. The summed E-state index contributed by atoms with van der Waals surface area (Å²) in [5.74, 6) is 0.941. The lowest BCUT2D eigenvalue weighted by Crippen LogP contribution is -2.16. The second-order valence-corrected chi connectivity index (χ2v) is 10.3. The molecule has 3 aromatic rings. The van der Waals surface area contributed by atoms with Crippen molar-refractivity contribution in [2.45, 2.75) is 25.9 Å². The number of carbonyl (C=O) groups excluding carboxylic acids is 2. The van der Waals surface area contributed by atoms with E-state index < -0.39 is 17.0 Å². The zero-order chi connectivity index (χ0) is 25.9. The first-order valence-electron chi connectivity index (χ1n) is 11.0. The van der Waals surface area contributed by atoms with Crippen LogP contribution in [0.4, 0.5) is 0 Å². The molecule has 0 saturated heterocycles. The molecule has 0 aliphatic rings. The lowest BCUT2D eigenvalue weighted by atomic mass is 9.98. The largest absolute Gasteiger partial charge is 0.426 e. The van der Waals surface area contributed by atoms with Crippen LogP contribution in [0.3, 0.4) is 0 Å². The summed E-state index contributed by atoms with van der Waals surface area (Å²) in [6, 6.07) is 17.3. The summed E-state index contributed by atoms with van der Waals surface area (Å²) in [5, 5.41) is 11.3. The zero-order valence-electron chi connectivity index (χ0n) is 19.6. The number of rotatable bonds is 13. The summed E-state index contributed by atoms with van der Waals surface area (Å²) in [4.78, 5) is 39.5. The minimum atomic E-state index is -0.876. The number of nitrogens with zero attached hydrogens (tertiary/aromatic N) is 1. The van der Waals surface area contributed by atoms with E-state index in [0.717, 1.165) is 22.1 Å². The van der Waals surface area contributed by atoms with Gasteiger partial charge in [-0.25, -0.2) is 0 Å². The average molecular weight is 528 g/mol. The van der Waals surface area contributed by atoms with Crippen LogP contribution in [0.15, 0.2) is 73.3 Å². The predicted octanol–water partition coefficient (Wildman–Crippen LogP) is 6.12. The first-order chi connectivity index (χ1) is 17.4. The van der Waals surface area contributed by atoms with Gasteiger partial charge in [0.15, 0.2) is 0 Å². The Balaban J connectivity index is 1.60. The molecule has 0 spiro atoms. The number of ether oxygens (including phenoxy) is 2. The van der Waals surface area contributed by atoms with Crippen LogP contribution in [0, 0.1) is 10.1 Å². The highest BCUT2D eigenvalue weighted by Crippen LogP contribution is 2.27. The molecular formula is C26H25NO7S2. The smallest absolute Gasteiger partial charge is 0.318 e. The van der Waals surface area contributed by atoms with Crippen molar-refractivity contribution in [1.29, 1.82) is 0 Å². The Bertz CT molecular complexity index is 1250. The molecule has 1 atom stereocenters. The van der Waals surface area contributed by atoms with Gasteiger partial charge in [0.05, 0.1) is 12.3 Å². The van der Waals surface area contributed by atoms with E-state index in [0.29, 0.717) is 23.5 Å². The third kappa shape index (κ3) is 8.31. The van der Waals surface area contributed by atoms with Gasteiger partial charge in [0.25, 0.3) is 5.09 Å². The molecule has 188 valence electrons. The second-order valence-electron chi connectivity index (χ2n) is 7.67. The molecule has 0 amide bonds. The minimum absolute atomic E-state index is 0.232. The van der Waals surface area contributed by atoms with Crippen LogP contribution in [0.5, 0.6) is 11.5 Å². The summed E-state index contributed by atoms with van der Waals surface area (Å²) in [6.07, 6.45) is 2.13. The molecule has 8 nitrogen and oxygen atoms in total. The van der Waals surface area contributed by atoms with E-state index in [1.54, 1.807) is 58.8 Å². The van der Waals surface area contributed by atoms with Crippen molar-refractivity contribution in [3.63, 3.8) is 0 Å². The quantitative estimate of drug-likeness (QED) is 0.0494. The molecule has 36 heavy (non-hydrogen) atoms. The second kappa shape index (κ2) is 13.6. The molecule has 0 aliphatic carbocycles. The first-order valence-corrected chi connectivity index (χ1v) is 13.5. The molecule has 3 rings (SSSR count). The summed E-state index contributed by atoms with van der Waals surface area (Å²) in [5.41, 5.74) is 1.27. The van der Waals surface area contributed by atoms with Gasteiger partial charge in [0.2, 0.25) is 0 Å². The molecule has 0 radical (unpaired) electrons. The van der Waals surface area contributed by atoms with Crippen molar-refractivity contribution in [2.24, 2.45) is 0 Å². The molecule has 0 heterocycles. The van der Waals surface area contributed by atoms with Crippen LogP contribution in [0.1, 0.15) is 30.4 Å². The summed E-state index contributed by atoms with van der Waals surface area (Å²) >= 11 is 0.